The number of hydrogen-bond donors (Lipinski definition) is 2. The van der Waals surface area contributed by atoms with Crippen LogP contribution in [0.25, 0.3) is 0 Å². The summed E-state index contributed by atoms with van der Waals surface area (Å²) in [6.07, 6.45) is 10.3. The predicted octanol–water partition coefficient (Wildman–Crippen LogP) is 2.01. The van der Waals surface area contributed by atoms with Crippen LogP contribution in [0, 0.1) is 0 Å². The van der Waals surface area contributed by atoms with E-state index in [0.717, 1.165) is 12.5 Å². The van der Waals surface area contributed by atoms with Gasteiger partial charge in [-0.3, -0.25) is 5.43 Å². The number of rotatable bonds is 1. The van der Waals surface area contributed by atoms with Crippen LogP contribution in [0.2, 0.25) is 0 Å². The Hall–Kier alpha value is -0.770. The van der Waals surface area contributed by atoms with Crippen molar-refractivity contribution in [1.29, 1.82) is 0 Å². The van der Waals surface area contributed by atoms with E-state index < -0.39 is 0 Å². The molecular weight excluding hydrogens is 212 g/mol. The second-order valence-electron chi connectivity index (χ2n) is 5.43. The van der Waals surface area contributed by atoms with Crippen molar-refractivity contribution < 1.29 is 0 Å². The molecule has 3 N–H and O–H groups in total. The number of nitrogens with zero attached hydrogens (tertiary/aromatic N) is 2. The zero-order valence-electron chi connectivity index (χ0n) is 11.0. The molecule has 0 bridgehead atoms. The number of nitrogens with one attached hydrogen (secondary N) is 1. The minimum atomic E-state index is 0.497. The Morgan fingerprint density at radius 3 is 2.53 bits per heavy atom. The monoisotopic (exact) mass is 238 g/mol. The minimum Gasteiger partial charge on any atom is -0.339 e. The highest BCUT2D eigenvalue weighted by molar-refractivity contribution is 5.80. The zero-order chi connectivity index (χ0) is 12.1. The highest BCUT2D eigenvalue weighted by atomic mass is 15.4. The van der Waals surface area contributed by atoms with Gasteiger partial charge in [-0.2, -0.15) is 0 Å². The van der Waals surface area contributed by atoms with Crippen molar-refractivity contribution in [2.45, 2.75) is 70.4 Å². The van der Waals surface area contributed by atoms with Crippen molar-refractivity contribution in [1.82, 2.24) is 10.3 Å². The molecule has 4 nitrogen and oxygen atoms in total. The van der Waals surface area contributed by atoms with Crippen LogP contribution in [0.5, 0.6) is 0 Å². The van der Waals surface area contributed by atoms with E-state index in [4.69, 9.17) is 10.8 Å². The molecule has 2 rings (SSSR count). The number of guanidine groups is 1. The lowest BCUT2D eigenvalue weighted by molar-refractivity contribution is 0.322. The summed E-state index contributed by atoms with van der Waals surface area (Å²) >= 11 is 0. The second-order valence-corrected chi connectivity index (χ2v) is 5.43. The van der Waals surface area contributed by atoms with E-state index in [-0.39, 0.29) is 0 Å². The van der Waals surface area contributed by atoms with E-state index in [0.29, 0.717) is 12.1 Å². The van der Waals surface area contributed by atoms with Gasteiger partial charge in [-0.05, 0) is 32.6 Å². The van der Waals surface area contributed by atoms with Crippen LogP contribution in [0.4, 0.5) is 0 Å². The Balaban J connectivity index is 2.04. The maximum absolute atomic E-state index is 5.67. The van der Waals surface area contributed by atoms with Gasteiger partial charge in [0, 0.05) is 12.6 Å². The second kappa shape index (κ2) is 6.24. The van der Waals surface area contributed by atoms with Gasteiger partial charge in [0.1, 0.15) is 0 Å². The highest BCUT2D eigenvalue weighted by Gasteiger charge is 2.22. The van der Waals surface area contributed by atoms with Crippen molar-refractivity contribution >= 4 is 5.96 Å². The fraction of sp³-hybridized carbons (Fsp3) is 0.923. The third-order valence-corrected chi connectivity index (χ3v) is 4.08. The molecule has 0 radical (unpaired) electrons. The van der Waals surface area contributed by atoms with Gasteiger partial charge in [-0.15, -0.1) is 0 Å². The van der Waals surface area contributed by atoms with Gasteiger partial charge in [-0.25, -0.2) is 10.8 Å². The van der Waals surface area contributed by atoms with Crippen LogP contribution in [-0.4, -0.2) is 29.5 Å². The maximum atomic E-state index is 5.67. The molecule has 1 unspecified atom stereocenters. The van der Waals surface area contributed by atoms with Gasteiger partial charge in [0.15, 0.2) is 0 Å². The summed E-state index contributed by atoms with van der Waals surface area (Å²) in [4.78, 5) is 7.18. The lowest BCUT2D eigenvalue weighted by Gasteiger charge is -2.30. The number of hydrazine groups is 1. The molecule has 0 aromatic rings. The summed E-state index contributed by atoms with van der Waals surface area (Å²) in [5, 5.41) is 0. The molecule has 0 spiro atoms. The normalized spacial score (nSPS) is 28.2. The SMILES string of the molecule is CC1CCCCCN1C(=NC1CCCC1)NN. The lowest BCUT2D eigenvalue weighted by atomic mass is 10.1. The van der Waals surface area contributed by atoms with Gasteiger partial charge >= 0.3 is 0 Å². The molecule has 1 aliphatic carbocycles. The van der Waals surface area contributed by atoms with Crippen LogP contribution < -0.4 is 11.3 Å². The van der Waals surface area contributed by atoms with Gasteiger partial charge < -0.3 is 4.90 Å². The van der Waals surface area contributed by atoms with E-state index in [9.17, 15) is 0 Å². The number of likely N-dealkylation sites (tertiary alicyclic amines) is 1. The van der Waals surface area contributed by atoms with Crippen LogP contribution >= 0.6 is 0 Å². The fourth-order valence-corrected chi connectivity index (χ4v) is 2.99. The van der Waals surface area contributed by atoms with Gasteiger partial charge in [-0.1, -0.05) is 25.7 Å². The number of aliphatic imine (C=N–C) groups is 1. The Morgan fingerprint density at radius 1 is 1.12 bits per heavy atom. The van der Waals surface area contributed by atoms with Crippen LogP contribution in [0.1, 0.15) is 58.3 Å². The molecule has 4 heteroatoms. The molecule has 1 saturated heterocycles. The van der Waals surface area contributed by atoms with Crippen molar-refractivity contribution in [3.63, 3.8) is 0 Å². The van der Waals surface area contributed by atoms with Gasteiger partial charge in [0.2, 0.25) is 5.96 Å². The first-order chi connectivity index (χ1) is 8.31. The Morgan fingerprint density at radius 2 is 1.82 bits per heavy atom. The van der Waals surface area contributed by atoms with Crippen LogP contribution in [0.15, 0.2) is 4.99 Å². The molecule has 1 atom stereocenters. The smallest absolute Gasteiger partial charge is 0.208 e. The molecule has 98 valence electrons. The summed E-state index contributed by atoms with van der Waals surface area (Å²) in [5.74, 6) is 6.60. The van der Waals surface area contributed by atoms with E-state index in [1.807, 2.05) is 0 Å². The molecule has 0 amide bonds. The first-order valence-corrected chi connectivity index (χ1v) is 7.12. The first-order valence-electron chi connectivity index (χ1n) is 7.12. The lowest BCUT2D eigenvalue weighted by Crippen LogP contribution is -2.49. The molecule has 1 heterocycles. The van der Waals surface area contributed by atoms with Crippen molar-refractivity contribution in [3.8, 4) is 0 Å². The number of hydrogen-bond acceptors (Lipinski definition) is 2. The van der Waals surface area contributed by atoms with Crippen LogP contribution in [0.3, 0.4) is 0 Å². The number of nitrogens with two attached hydrogens (primary N) is 1. The maximum Gasteiger partial charge on any atom is 0.208 e. The van der Waals surface area contributed by atoms with Gasteiger partial charge in [0.05, 0.1) is 6.04 Å². The quantitative estimate of drug-likeness (QED) is 0.318. The molecule has 1 aliphatic heterocycles. The van der Waals surface area contributed by atoms with E-state index >= 15 is 0 Å². The average Bonchev–Trinajstić information content (AvgIpc) is 2.75. The largest absolute Gasteiger partial charge is 0.339 e. The summed E-state index contributed by atoms with van der Waals surface area (Å²) in [7, 11) is 0. The third kappa shape index (κ3) is 3.35. The minimum absolute atomic E-state index is 0.497. The molecule has 0 aromatic carbocycles. The molecular formula is C13H26N4. The van der Waals surface area contributed by atoms with Crippen molar-refractivity contribution in [2.75, 3.05) is 6.54 Å². The summed E-state index contributed by atoms with van der Waals surface area (Å²) in [6, 6.07) is 1.06. The Bertz CT molecular complexity index is 258. The van der Waals surface area contributed by atoms with Crippen LogP contribution in [-0.2, 0) is 0 Å². The van der Waals surface area contributed by atoms with Crippen molar-refractivity contribution in [3.05, 3.63) is 0 Å². The predicted molar refractivity (Wildman–Crippen MR) is 71.7 cm³/mol. The van der Waals surface area contributed by atoms with E-state index in [1.54, 1.807) is 0 Å². The zero-order valence-corrected chi connectivity index (χ0v) is 11.0. The third-order valence-electron chi connectivity index (χ3n) is 4.08. The Labute approximate surface area is 105 Å². The molecule has 2 aliphatic rings. The fourth-order valence-electron chi connectivity index (χ4n) is 2.99. The first kappa shape index (κ1) is 12.7. The summed E-state index contributed by atoms with van der Waals surface area (Å²) < 4.78 is 0. The molecule has 0 aromatic heterocycles. The van der Waals surface area contributed by atoms with Crippen molar-refractivity contribution in [2.24, 2.45) is 10.8 Å². The topological polar surface area (TPSA) is 53.6 Å². The summed E-state index contributed by atoms with van der Waals surface area (Å²) in [6.45, 7) is 3.38. The Kier molecular flexibility index (Phi) is 4.66. The van der Waals surface area contributed by atoms with E-state index in [1.165, 1.54) is 51.4 Å². The van der Waals surface area contributed by atoms with E-state index in [2.05, 4.69) is 17.2 Å². The molecule has 17 heavy (non-hydrogen) atoms. The molecule has 1 saturated carbocycles. The molecule has 2 fully saturated rings. The van der Waals surface area contributed by atoms with Gasteiger partial charge in [0.25, 0.3) is 0 Å². The average molecular weight is 238 g/mol. The summed E-state index contributed by atoms with van der Waals surface area (Å²) in [5.41, 5.74) is 2.83. The highest BCUT2D eigenvalue weighted by Crippen LogP contribution is 2.22. The standard InChI is InChI=1S/C13H26N4/c1-11-7-3-2-6-10-17(11)13(16-14)15-12-8-4-5-9-12/h11-12H,2-10,14H2,1H3,(H,15,16).